The van der Waals surface area contributed by atoms with Crippen molar-refractivity contribution >= 4 is 11.5 Å². The maximum atomic E-state index is 11.3. The molecule has 0 bridgehead atoms. The van der Waals surface area contributed by atoms with Crippen LogP contribution in [0.5, 0.6) is 11.6 Å². The number of aromatic carboxylic acids is 1. The molecule has 0 aliphatic heterocycles. The fourth-order valence-electron chi connectivity index (χ4n) is 2.30. The number of aromatic nitrogens is 2. The van der Waals surface area contributed by atoms with Crippen LogP contribution in [0, 0.1) is 6.92 Å². The summed E-state index contributed by atoms with van der Waals surface area (Å²) in [7, 11) is 0. The molecule has 2 heterocycles. The molecule has 0 amide bonds. The summed E-state index contributed by atoms with van der Waals surface area (Å²) in [5, 5.41) is 19.2. The Bertz CT molecular complexity index is 854. The number of carbonyl (C=O) groups is 1. The van der Waals surface area contributed by atoms with Gasteiger partial charge >= 0.3 is 5.97 Å². The third-order valence-electron chi connectivity index (χ3n) is 3.27. The minimum absolute atomic E-state index is 0.0511. The predicted octanol–water partition coefficient (Wildman–Crippen LogP) is 2.63. The van der Waals surface area contributed by atoms with Crippen molar-refractivity contribution in [3.05, 3.63) is 59.5 Å². The molecule has 0 aliphatic carbocycles. The molecule has 6 nitrogen and oxygen atoms in total. The van der Waals surface area contributed by atoms with Crippen molar-refractivity contribution < 1.29 is 19.7 Å². The number of ether oxygens (including phenoxy) is 1. The quantitative estimate of drug-likeness (QED) is 0.773. The maximum Gasteiger partial charge on any atom is 0.356 e. The highest BCUT2D eigenvalue weighted by molar-refractivity contribution is 5.93. The van der Waals surface area contributed by atoms with Gasteiger partial charge in [0.15, 0.2) is 17.4 Å². The Morgan fingerprint density at radius 3 is 2.77 bits per heavy atom. The van der Waals surface area contributed by atoms with Crippen molar-refractivity contribution in [2.75, 3.05) is 0 Å². The number of imidazole rings is 1. The number of carboxylic acids is 1. The molecular weight excluding hydrogens is 284 g/mol. The lowest BCUT2D eigenvalue weighted by Gasteiger charge is -2.07. The number of hydrogen-bond acceptors (Lipinski definition) is 4. The molecule has 22 heavy (non-hydrogen) atoms. The van der Waals surface area contributed by atoms with E-state index in [2.05, 4.69) is 4.98 Å². The van der Waals surface area contributed by atoms with E-state index in [0.29, 0.717) is 17.1 Å². The van der Waals surface area contributed by atoms with Crippen molar-refractivity contribution in [2.45, 2.75) is 13.5 Å². The molecular formula is C16H14N2O4. The van der Waals surface area contributed by atoms with Crippen LogP contribution in [0.3, 0.4) is 0 Å². The van der Waals surface area contributed by atoms with E-state index in [4.69, 9.17) is 4.74 Å². The fraction of sp³-hybridized carbons (Fsp3) is 0.125. The van der Waals surface area contributed by atoms with E-state index in [1.54, 1.807) is 18.2 Å². The number of carboxylic acid groups (broad SMARTS) is 1. The molecule has 3 aromatic rings. The molecule has 0 unspecified atom stereocenters. The highest BCUT2D eigenvalue weighted by Crippen LogP contribution is 2.21. The molecule has 112 valence electrons. The van der Waals surface area contributed by atoms with Gasteiger partial charge in [-0.05, 0) is 36.8 Å². The SMILES string of the molecule is Cc1cccc(OCc2nc(C(=O)O)c3cccc(O)n23)c1. The predicted molar refractivity (Wildman–Crippen MR) is 79.3 cm³/mol. The Hall–Kier alpha value is -3.02. The second-order valence-electron chi connectivity index (χ2n) is 4.89. The summed E-state index contributed by atoms with van der Waals surface area (Å²) in [6, 6.07) is 12.1. The maximum absolute atomic E-state index is 11.3. The largest absolute Gasteiger partial charge is 0.494 e. The van der Waals surface area contributed by atoms with E-state index < -0.39 is 5.97 Å². The summed E-state index contributed by atoms with van der Waals surface area (Å²) in [4.78, 5) is 15.3. The molecule has 0 atom stereocenters. The van der Waals surface area contributed by atoms with Crippen molar-refractivity contribution in [3.8, 4) is 11.6 Å². The Labute approximate surface area is 126 Å². The van der Waals surface area contributed by atoms with Crippen LogP contribution in [0.25, 0.3) is 5.52 Å². The molecule has 6 heteroatoms. The average Bonchev–Trinajstić information content (AvgIpc) is 2.86. The lowest BCUT2D eigenvalue weighted by atomic mass is 10.2. The smallest absolute Gasteiger partial charge is 0.356 e. The highest BCUT2D eigenvalue weighted by atomic mass is 16.5. The van der Waals surface area contributed by atoms with Crippen molar-refractivity contribution in [2.24, 2.45) is 0 Å². The number of hydrogen-bond donors (Lipinski definition) is 2. The third kappa shape index (κ3) is 2.46. The van der Waals surface area contributed by atoms with E-state index in [-0.39, 0.29) is 18.2 Å². The second-order valence-corrected chi connectivity index (χ2v) is 4.89. The van der Waals surface area contributed by atoms with Crippen LogP contribution in [-0.4, -0.2) is 25.6 Å². The minimum Gasteiger partial charge on any atom is -0.494 e. The van der Waals surface area contributed by atoms with Crippen LogP contribution in [0.1, 0.15) is 21.9 Å². The highest BCUT2D eigenvalue weighted by Gasteiger charge is 2.18. The zero-order chi connectivity index (χ0) is 15.7. The van der Waals surface area contributed by atoms with Crippen molar-refractivity contribution in [3.63, 3.8) is 0 Å². The third-order valence-corrected chi connectivity index (χ3v) is 3.27. The summed E-state index contributed by atoms with van der Waals surface area (Å²) < 4.78 is 7.02. The number of fused-ring (bicyclic) bond motifs is 1. The van der Waals surface area contributed by atoms with E-state index in [1.165, 1.54) is 10.5 Å². The zero-order valence-corrected chi connectivity index (χ0v) is 11.9. The first kappa shape index (κ1) is 13.9. The monoisotopic (exact) mass is 298 g/mol. The van der Waals surface area contributed by atoms with E-state index in [1.807, 2.05) is 25.1 Å². The normalized spacial score (nSPS) is 10.8. The number of nitrogens with zero attached hydrogens (tertiary/aromatic N) is 2. The van der Waals surface area contributed by atoms with Gasteiger partial charge in [-0.2, -0.15) is 0 Å². The summed E-state index contributed by atoms with van der Waals surface area (Å²) in [5.41, 5.74) is 1.27. The Morgan fingerprint density at radius 1 is 1.27 bits per heavy atom. The van der Waals surface area contributed by atoms with Crippen LogP contribution in [0.4, 0.5) is 0 Å². The summed E-state index contributed by atoms with van der Waals surface area (Å²) in [6.45, 7) is 2.00. The van der Waals surface area contributed by atoms with Crippen LogP contribution in [-0.2, 0) is 6.61 Å². The average molecular weight is 298 g/mol. The van der Waals surface area contributed by atoms with Gasteiger partial charge in [-0.3, -0.25) is 4.40 Å². The van der Waals surface area contributed by atoms with Gasteiger partial charge in [0.1, 0.15) is 12.4 Å². The number of aromatic hydroxyl groups is 1. The van der Waals surface area contributed by atoms with Crippen molar-refractivity contribution in [1.82, 2.24) is 9.38 Å². The van der Waals surface area contributed by atoms with Gasteiger partial charge in [0, 0.05) is 0 Å². The number of rotatable bonds is 4. The minimum atomic E-state index is -1.15. The molecule has 0 saturated heterocycles. The second kappa shape index (κ2) is 5.40. The molecule has 0 radical (unpaired) electrons. The molecule has 0 spiro atoms. The summed E-state index contributed by atoms with van der Waals surface area (Å²) >= 11 is 0. The van der Waals surface area contributed by atoms with Gasteiger partial charge in [0.2, 0.25) is 0 Å². The first-order valence-corrected chi connectivity index (χ1v) is 6.68. The van der Waals surface area contributed by atoms with Gasteiger partial charge < -0.3 is 14.9 Å². The lowest BCUT2D eigenvalue weighted by molar-refractivity contribution is 0.0693. The molecule has 0 aliphatic rings. The first-order valence-electron chi connectivity index (χ1n) is 6.68. The van der Waals surface area contributed by atoms with Crippen LogP contribution in [0.15, 0.2) is 42.5 Å². The number of pyridine rings is 1. The zero-order valence-electron chi connectivity index (χ0n) is 11.9. The Kier molecular flexibility index (Phi) is 3.42. The number of aryl methyl sites for hydroxylation is 1. The Morgan fingerprint density at radius 2 is 2.05 bits per heavy atom. The summed E-state index contributed by atoms with van der Waals surface area (Å²) in [6.07, 6.45) is 0. The standard InChI is InChI=1S/C16H14N2O4/c1-10-4-2-5-11(8-10)22-9-13-17-15(16(20)21)12-6-3-7-14(19)18(12)13/h2-8,19H,9H2,1H3,(H,20,21). The van der Waals surface area contributed by atoms with Crippen LogP contribution >= 0.6 is 0 Å². The van der Waals surface area contributed by atoms with E-state index >= 15 is 0 Å². The molecule has 2 aromatic heterocycles. The van der Waals surface area contributed by atoms with E-state index in [0.717, 1.165) is 5.56 Å². The molecule has 3 rings (SSSR count). The van der Waals surface area contributed by atoms with E-state index in [9.17, 15) is 15.0 Å². The topological polar surface area (TPSA) is 84.1 Å². The van der Waals surface area contributed by atoms with Crippen molar-refractivity contribution in [1.29, 1.82) is 0 Å². The van der Waals surface area contributed by atoms with Crippen LogP contribution in [0.2, 0.25) is 0 Å². The van der Waals surface area contributed by atoms with Gasteiger partial charge in [-0.1, -0.05) is 18.2 Å². The Balaban J connectivity index is 1.98. The van der Waals surface area contributed by atoms with Gasteiger partial charge in [0.25, 0.3) is 0 Å². The summed E-state index contributed by atoms with van der Waals surface area (Å²) in [5.74, 6) is -0.249. The van der Waals surface area contributed by atoms with Gasteiger partial charge in [-0.25, -0.2) is 9.78 Å². The first-order chi connectivity index (χ1) is 10.6. The molecule has 0 saturated carbocycles. The molecule has 0 fully saturated rings. The van der Waals surface area contributed by atoms with Gasteiger partial charge in [0.05, 0.1) is 5.52 Å². The number of benzene rings is 1. The molecule has 1 aromatic carbocycles. The van der Waals surface area contributed by atoms with Crippen LogP contribution < -0.4 is 4.74 Å². The lowest BCUT2D eigenvalue weighted by Crippen LogP contribution is -2.02. The molecule has 2 N–H and O–H groups in total. The fourth-order valence-corrected chi connectivity index (χ4v) is 2.30. The van der Waals surface area contributed by atoms with Gasteiger partial charge in [-0.15, -0.1) is 0 Å².